The van der Waals surface area contributed by atoms with Crippen molar-refractivity contribution in [2.24, 2.45) is 0 Å². The molecule has 1 aromatic rings. The predicted molar refractivity (Wildman–Crippen MR) is 72.9 cm³/mol. The van der Waals surface area contributed by atoms with Gasteiger partial charge in [-0.2, -0.15) is 4.98 Å². The molecule has 2 atom stereocenters. The van der Waals surface area contributed by atoms with Crippen molar-refractivity contribution in [2.45, 2.75) is 31.8 Å². The van der Waals surface area contributed by atoms with Gasteiger partial charge in [-0.1, -0.05) is 0 Å². The van der Waals surface area contributed by atoms with E-state index in [1.807, 2.05) is 0 Å². The zero-order valence-electron chi connectivity index (χ0n) is 10.2. The molecule has 1 aromatic heterocycles. The average Bonchev–Trinajstić information content (AvgIpc) is 2.22. The number of nitrogen functional groups attached to an aromatic ring is 1. The van der Waals surface area contributed by atoms with Crippen LogP contribution in [0.5, 0.6) is 0 Å². The molecule has 0 radical (unpaired) electrons. The Morgan fingerprint density at radius 1 is 1.53 bits per heavy atom. The van der Waals surface area contributed by atoms with Crippen molar-refractivity contribution in [1.29, 1.82) is 0 Å². The molecule has 0 spiro atoms. The van der Waals surface area contributed by atoms with Crippen LogP contribution < -0.4 is 11.1 Å². The Bertz CT molecular complexity index is 377. The van der Waals surface area contributed by atoms with Crippen molar-refractivity contribution in [3.8, 4) is 0 Å². The lowest BCUT2D eigenvalue weighted by Gasteiger charge is -2.35. The van der Waals surface area contributed by atoms with Crippen molar-refractivity contribution in [2.75, 3.05) is 24.6 Å². The molecule has 2 heterocycles. The van der Waals surface area contributed by atoms with E-state index in [4.69, 9.17) is 5.73 Å². The highest BCUT2D eigenvalue weighted by molar-refractivity contribution is 9.10. The fourth-order valence-electron chi connectivity index (χ4n) is 2.10. The van der Waals surface area contributed by atoms with Gasteiger partial charge in [-0.15, -0.1) is 0 Å². The lowest BCUT2D eigenvalue weighted by Crippen LogP contribution is -2.42. The minimum atomic E-state index is 0.426. The molecule has 5 nitrogen and oxygen atoms in total. The Labute approximate surface area is 110 Å². The maximum atomic E-state index is 5.68. The number of nitrogens with zero attached hydrogens (tertiary/aromatic N) is 3. The number of hydrogen-bond acceptors (Lipinski definition) is 5. The second-order valence-electron chi connectivity index (χ2n) is 4.63. The van der Waals surface area contributed by atoms with E-state index >= 15 is 0 Å². The third-order valence-corrected chi connectivity index (χ3v) is 3.66. The van der Waals surface area contributed by atoms with Crippen LogP contribution in [0.4, 0.5) is 11.8 Å². The monoisotopic (exact) mass is 299 g/mol. The Kier molecular flexibility index (Phi) is 3.83. The van der Waals surface area contributed by atoms with Crippen molar-refractivity contribution >= 4 is 27.7 Å². The highest BCUT2D eigenvalue weighted by Crippen LogP contribution is 2.19. The molecule has 1 aliphatic rings. The minimum Gasteiger partial charge on any atom is -0.383 e. The molecule has 0 aromatic carbocycles. The van der Waals surface area contributed by atoms with Crippen LogP contribution in [0.15, 0.2) is 10.7 Å². The van der Waals surface area contributed by atoms with E-state index in [1.165, 1.54) is 0 Å². The van der Waals surface area contributed by atoms with Gasteiger partial charge in [0.05, 0.1) is 0 Å². The number of aromatic nitrogens is 2. The summed E-state index contributed by atoms with van der Waals surface area (Å²) >= 11 is 3.32. The SMILES string of the molecule is CC1CC(Nc2nc(N)cc(Br)n2)CCN1C. The van der Waals surface area contributed by atoms with Gasteiger partial charge in [0.2, 0.25) is 5.95 Å². The van der Waals surface area contributed by atoms with Gasteiger partial charge >= 0.3 is 0 Å². The molecule has 0 saturated carbocycles. The van der Waals surface area contributed by atoms with E-state index in [9.17, 15) is 0 Å². The molecule has 1 saturated heterocycles. The Morgan fingerprint density at radius 3 is 2.94 bits per heavy atom. The number of piperidine rings is 1. The minimum absolute atomic E-state index is 0.426. The summed E-state index contributed by atoms with van der Waals surface area (Å²) in [5, 5.41) is 3.35. The topological polar surface area (TPSA) is 67.1 Å². The van der Waals surface area contributed by atoms with Crippen LogP contribution in [-0.2, 0) is 0 Å². The quantitative estimate of drug-likeness (QED) is 0.814. The number of nitrogens with two attached hydrogens (primary N) is 1. The van der Waals surface area contributed by atoms with Gasteiger partial charge in [-0.05, 0) is 42.7 Å². The molecule has 1 aliphatic heterocycles. The number of hydrogen-bond donors (Lipinski definition) is 2. The van der Waals surface area contributed by atoms with Crippen LogP contribution in [-0.4, -0.2) is 40.5 Å². The molecule has 17 heavy (non-hydrogen) atoms. The first kappa shape index (κ1) is 12.6. The van der Waals surface area contributed by atoms with Gasteiger partial charge in [0, 0.05) is 24.7 Å². The molecule has 0 aliphatic carbocycles. The summed E-state index contributed by atoms with van der Waals surface area (Å²) in [6, 6.07) is 2.71. The molecule has 0 bridgehead atoms. The van der Waals surface area contributed by atoms with Crippen LogP contribution in [0.1, 0.15) is 19.8 Å². The van der Waals surface area contributed by atoms with E-state index in [2.05, 4.69) is 50.1 Å². The van der Waals surface area contributed by atoms with Gasteiger partial charge in [-0.3, -0.25) is 0 Å². The smallest absolute Gasteiger partial charge is 0.225 e. The van der Waals surface area contributed by atoms with E-state index in [1.54, 1.807) is 6.07 Å². The van der Waals surface area contributed by atoms with Gasteiger partial charge in [0.1, 0.15) is 10.4 Å². The summed E-state index contributed by atoms with van der Waals surface area (Å²) in [6.07, 6.45) is 2.21. The fraction of sp³-hybridized carbons (Fsp3) is 0.636. The lowest BCUT2D eigenvalue weighted by molar-refractivity contribution is 0.190. The maximum absolute atomic E-state index is 5.68. The van der Waals surface area contributed by atoms with Crippen molar-refractivity contribution < 1.29 is 0 Å². The molecular formula is C11H18BrN5. The van der Waals surface area contributed by atoms with Crippen molar-refractivity contribution in [3.05, 3.63) is 10.7 Å². The molecule has 2 unspecified atom stereocenters. The molecule has 1 fully saturated rings. The van der Waals surface area contributed by atoms with Gasteiger partial charge in [-0.25, -0.2) is 4.98 Å². The largest absolute Gasteiger partial charge is 0.383 e. The number of rotatable bonds is 2. The van der Waals surface area contributed by atoms with Crippen molar-refractivity contribution in [3.63, 3.8) is 0 Å². The normalized spacial score (nSPS) is 25.8. The average molecular weight is 300 g/mol. The summed E-state index contributed by atoms with van der Waals surface area (Å²) in [5.41, 5.74) is 5.68. The predicted octanol–water partition coefficient (Wildman–Crippen LogP) is 1.72. The van der Waals surface area contributed by atoms with E-state index in [0.717, 1.165) is 19.4 Å². The fourth-order valence-corrected chi connectivity index (χ4v) is 2.51. The first-order valence-corrected chi connectivity index (χ1v) is 6.60. The van der Waals surface area contributed by atoms with Gasteiger partial charge in [0.15, 0.2) is 0 Å². The maximum Gasteiger partial charge on any atom is 0.225 e. The Balaban J connectivity index is 2.01. The Morgan fingerprint density at radius 2 is 2.29 bits per heavy atom. The highest BCUT2D eigenvalue weighted by Gasteiger charge is 2.23. The second-order valence-corrected chi connectivity index (χ2v) is 5.45. The third-order valence-electron chi connectivity index (χ3n) is 3.26. The summed E-state index contributed by atoms with van der Waals surface area (Å²) in [7, 11) is 2.16. The molecule has 0 amide bonds. The third kappa shape index (κ3) is 3.29. The summed E-state index contributed by atoms with van der Waals surface area (Å²) in [6.45, 7) is 3.34. The first-order valence-electron chi connectivity index (χ1n) is 5.81. The van der Waals surface area contributed by atoms with Crippen LogP contribution >= 0.6 is 15.9 Å². The van der Waals surface area contributed by atoms with Gasteiger partial charge in [0.25, 0.3) is 0 Å². The highest BCUT2D eigenvalue weighted by atomic mass is 79.9. The van der Waals surface area contributed by atoms with E-state index in [-0.39, 0.29) is 0 Å². The summed E-state index contributed by atoms with van der Waals surface area (Å²) in [5.74, 6) is 1.09. The first-order chi connectivity index (χ1) is 8.04. The zero-order valence-corrected chi connectivity index (χ0v) is 11.7. The molecule has 6 heteroatoms. The van der Waals surface area contributed by atoms with Gasteiger partial charge < -0.3 is 16.0 Å². The van der Waals surface area contributed by atoms with Crippen LogP contribution in [0.25, 0.3) is 0 Å². The van der Waals surface area contributed by atoms with Crippen LogP contribution in [0.2, 0.25) is 0 Å². The van der Waals surface area contributed by atoms with E-state index in [0.29, 0.717) is 28.5 Å². The molecule has 94 valence electrons. The molecule has 3 N–H and O–H groups in total. The lowest BCUT2D eigenvalue weighted by atomic mass is 9.99. The van der Waals surface area contributed by atoms with Crippen LogP contribution in [0.3, 0.4) is 0 Å². The van der Waals surface area contributed by atoms with E-state index < -0.39 is 0 Å². The number of likely N-dealkylation sites (tertiary alicyclic amines) is 1. The van der Waals surface area contributed by atoms with Crippen LogP contribution in [0, 0.1) is 0 Å². The number of anilines is 2. The second kappa shape index (κ2) is 5.18. The van der Waals surface area contributed by atoms with Crippen molar-refractivity contribution in [1.82, 2.24) is 14.9 Å². The number of halogens is 1. The summed E-state index contributed by atoms with van der Waals surface area (Å²) < 4.78 is 0.716. The number of nitrogens with one attached hydrogen (secondary N) is 1. The summed E-state index contributed by atoms with van der Waals surface area (Å²) in [4.78, 5) is 10.8. The standard InChI is InChI=1S/C11H18BrN5/c1-7-5-8(3-4-17(7)2)14-11-15-9(12)6-10(13)16-11/h6-8H,3-5H2,1-2H3,(H3,13,14,15,16). The molecular weight excluding hydrogens is 282 g/mol. The molecule has 2 rings (SSSR count). The Hall–Kier alpha value is -0.880. The zero-order chi connectivity index (χ0) is 12.4.